The molecule has 1 heterocycles. The van der Waals surface area contributed by atoms with Crippen LogP contribution in [0.15, 0.2) is 0 Å². The molecule has 2 aliphatic rings. The van der Waals surface area contributed by atoms with Gasteiger partial charge in [-0.05, 0) is 39.8 Å². The van der Waals surface area contributed by atoms with Crippen LogP contribution in [-0.2, 0) is 9.53 Å². The van der Waals surface area contributed by atoms with Crippen molar-refractivity contribution in [2.24, 2.45) is 0 Å². The number of carbonyl (C=O) groups excluding carboxylic acids is 1. The number of carbonyl (C=O) groups is 1. The lowest BCUT2D eigenvalue weighted by molar-refractivity contribution is -0.126. The normalized spacial score (nSPS) is 33.4. The Kier molecular flexibility index (Phi) is 4.97. The maximum Gasteiger partial charge on any atom is 0.239 e. The van der Waals surface area contributed by atoms with Gasteiger partial charge in [0.1, 0.15) is 6.04 Å². The first-order valence-corrected chi connectivity index (χ1v) is 6.94. The zero-order valence-corrected chi connectivity index (χ0v) is 11.4. The Balaban J connectivity index is 1.79. The number of hydrogen-bond acceptors (Lipinski definition) is 4. The van der Waals surface area contributed by atoms with E-state index in [4.69, 9.17) is 4.74 Å². The Bertz CT molecular complexity index is 277. The van der Waals surface area contributed by atoms with Crippen molar-refractivity contribution in [2.75, 3.05) is 33.9 Å². The number of rotatable bonds is 3. The van der Waals surface area contributed by atoms with Gasteiger partial charge in [0.25, 0.3) is 0 Å². The SMILES string of the molecule is CN(C)C1CCCC(NC(=O)C2COCCN2)C1. The number of nitrogens with zero attached hydrogens (tertiary/aromatic N) is 1. The summed E-state index contributed by atoms with van der Waals surface area (Å²) in [5.74, 6) is 0.0964. The third-order valence-corrected chi connectivity index (χ3v) is 3.96. The van der Waals surface area contributed by atoms with E-state index in [1.165, 1.54) is 12.8 Å². The zero-order chi connectivity index (χ0) is 13.0. The first-order valence-electron chi connectivity index (χ1n) is 6.94. The molecule has 2 rings (SSSR count). The highest BCUT2D eigenvalue weighted by atomic mass is 16.5. The summed E-state index contributed by atoms with van der Waals surface area (Å²) in [5, 5.41) is 6.36. The second kappa shape index (κ2) is 6.50. The fraction of sp³-hybridized carbons (Fsp3) is 0.923. The predicted molar refractivity (Wildman–Crippen MR) is 70.5 cm³/mol. The second-order valence-corrected chi connectivity index (χ2v) is 5.57. The largest absolute Gasteiger partial charge is 0.378 e. The van der Waals surface area contributed by atoms with Crippen LogP contribution in [0.4, 0.5) is 0 Å². The maximum atomic E-state index is 12.1. The van der Waals surface area contributed by atoms with Gasteiger partial charge in [-0.25, -0.2) is 0 Å². The lowest BCUT2D eigenvalue weighted by Crippen LogP contribution is -2.54. The molecular formula is C13H25N3O2. The van der Waals surface area contributed by atoms with Crippen molar-refractivity contribution in [2.45, 2.75) is 43.8 Å². The van der Waals surface area contributed by atoms with Crippen LogP contribution in [0.5, 0.6) is 0 Å². The molecule has 0 aromatic rings. The lowest BCUT2D eigenvalue weighted by Gasteiger charge is -2.34. The van der Waals surface area contributed by atoms with Gasteiger partial charge in [-0.1, -0.05) is 0 Å². The molecule has 1 amide bonds. The molecule has 3 unspecified atom stereocenters. The third-order valence-electron chi connectivity index (χ3n) is 3.96. The molecule has 0 aromatic carbocycles. The van der Waals surface area contributed by atoms with Crippen LogP contribution in [0.1, 0.15) is 25.7 Å². The minimum Gasteiger partial charge on any atom is -0.378 e. The zero-order valence-electron chi connectivity index (χ0n) is 11.4. The summed E-state index contributed by atoms with van der Waals surface area (Å²) >= 11 is 0. The summed E-state index contributed by atoms with van der Waals surface area (Å²) in [6.07, 6.45) is 4.60. The van der Waals surface area contributed by atoms with E-state index < -0.39 is 0 Å². The smallest absolute Gasteiger partial charge is 0.239 e. The standard InChI is InChI=1S/C13H25N3O2/c1-16(2)11-5-3-4-10(8-11)15-13(17)12-9-18-7-6-14-12/h10-12,14H,3-9H2,1-2H3,(H,15,17). The molecule has 5 heteroatoms. The van der Waals surface area contributed by atoms with Crippen LogP contribution < -0.4 is 10.6 Å². The van der Waals surface area contributed by atoms with Crippen molar-refractivity contribution in [1.82, 2.24) is 15.5 Å². The fourth-order valence-electron chi connectivity index (χ4n) is 2.80. The molecule has 3 atom stereocenters. The summed E-state index contributed by atoms with van der Waals surface area (Å²) < 4.78 is 5.32. The molecule has 5 nitrogen and oxygen atoms in total. The van der Waals surface area contributed by atoms with E-state index >= 15 is 0 Å². The quantitative estimate of drug-likeness (QED) is 0.743. The van der Waals surface area contributed by atoms with Crippen LogP contribution in [0.25, 0.3) is 0 Å². The number of ether oxygens (including phenoxy) is 1. The highest BCUT2D eigenvalue weighted by Gasteiger charge is 2.27. The van der Waals surface area contributed by atoms with Crippen LogP contribution in [0.2, 0.25) is 0 Å². The van der Waals surface area contributed by atoms with E-state index in [-0.39, 0.29) is 11.9 Å². The van der Waals surface area contributed by atoms with Gasteiger partial charge < -0.3 is 20.3 Å². The van der Waals surface area contributed by atoms with Crippen molar-refractivity contribution in [1.29, 1.82) is 0 Å². The summed E-state index contributed by atoms with van der Waals surface area (Å²) in [6, 6.07) is 0.750. The van der Waals surface area contributed by atoms with Crippen LogP contribution in [0.3, 0.4) is 0 Å². The summed E-state index contributed by atoms with van der Waals surface area (Å²) in [5.41, 5.74) is 0. The third kappa shape index (κ3) is 3.67. The van der Waals surface area contributed by atoms with E-state index in [1.54, 1.807) is 0 Å². The fourth-order valence-corrected chi connectivity index (χ4v) is 2.80. The van der Waals surface area contributed by atoms with Gasteiger partial charge in [-0.15, -0.1) is 0 Å². The number of amides is 1. The number of morpholine rings is 1. The average Bonchev–Trinajstić information content (AvgIpc) is 2.40. The molecule has 0 aromatic heterocycles. The topological polar surface area (TPSA) is 53.6 Å². The lowest BCUT2D eigenvalue weighted by atomic mass is 9.90. The van der Waals surface area contributed by atoms with E-state index in [9.17, 15) is 4.79 Å². The number of hydrogen-bond donors (Lipinski definition) is 2. The van der Waals surface area contributed by atoms with E-state index in [2.05, 4.69) is 29.6 Å². The van der Waals surface area contributed by atoms with Gasteiger partial charge in [-0.3, -0.25) is 4.79 Å². The molecule has 0 spiro atoms. The Morgan fingerprint density at radius 1 is 1.39 bits per heavy atom. The molecule has 2 fully saturated rings. The highest BCUT2D eigenvalue weighted by molar-refractivity contribution is 5.82. The van der Waals surface area contributed by atoms with Crippen LogP contribution in [0, 0.1) is 0 Å². The van der Waals surface area contributed by atoms with E-state index in [0.29, 0.717) is 25.3 Å². The molecule has 104 valence electrons. The summed E-state index contributed by atoms with van der Waals surface area (Å²) in [7, 11) is 4.23. The first kappa shape index (κ1) is 13.8. The Hall–Kier alpha value is -0.650. The predicted octanol–water partition coefficient (Wildman–Crippen LogP) is -0.0362. The van der Waals surface area contributed by atoms with Crippen molar-refractivity contribution < 1.29 is 9.53 Å². The minimum absolute atomic E-state index is 0.0964. The second-order valence-electron chi connectivity index (χ2n) is 5.57. The monoisotopic (exact) mass is 255 g/mol. The van der Waals surface area contributed by atoms with Gasteiger partial charge in [0.15, 0.2) is 0 Å². The van der Waals surface area contributed by atoms with Gasteiger partial charge in [0.05, 0.1) is 13.2 Å². The molecule has 1 saturated heterocycles. The molecule has 1 aliphatic carbocycles. The summed E-state index contributed by atoms with van der Waals surface area (Å²) in [4.78, 5) is 14.3. The Morgan fingerprint density at radius 2 is 2.22 bits per heavy atom. The molecule has 0 radical (unpaired) electrons. The Morgan fingerprint density at radius 3 is 2.89 bits per heavy atom. The molecule has 2 N–H and O–H groups in total. The van der Waals surface area contributed by atoms with E-state index in [0.717, 1.165) is 19.4 Å². The van der Waals surface area contributed by atoms with Crippen molar-refractivity contribution in [3.63, 3.8) is 0 Å². The van der Waals surface area contributed by atoms with Crippen LogP contribution in [-0.4, -0.2) is 62.8 Å². The van der Waals surface area contributed by atoms with Gasteiger partial charge in [0, 0.05) is 18.6 Å². The van der Waals surface area contributed by atoms with Crippen molar-refractivity contribution in [3.05, 3.63) is 0 Å². The molecule has 1 saturated carbocycles. The van der Waals surface area contributed by atoms with Crippen LogP contribution >= 0.6 is 0 Å². The Labute approximate surface area is 109 Å². The average molecular weight is 255 g/mol. The molecule has 18 heavy (non-hydrogen) atoms. The van der Waals surface area contributed by atoms with Gasteiger partial charge >= 0.3 is 0 Å². The first-order chi connectivity index (χ1) is 8.66. The summed E-state index contributed by atoms with van der Waals surface area (Å²) in [6.45, 7) is 1.97. The van der Waals surface area contributed by atoms with Crippen molar-refractivity contribution >= 4 is 5.91 Å². The van der Waals surface area contributed by atoms with Gasteiger partial charge in [0.2, 0.25) is 5.91 Å². The maximum absolute atomic E-state index is 12.1. The van der Waals surface area contributed by atoms with E-state index in [1.807, 2.05) is 0 Å². The number of nitrogens with one attached hydrogen (secondary N) is 2. The molecule has 1 aliphatic heterocycles. The minimum atomic E-state index is -0.168. The molecular weight excluding hydrogens is 230 g/mol. The van der Waals surface area contributed by atoms with Gasteiger partial charge in [-0.2, -0.15) is 0 Å². The van der Waals surface area contributed by atoms with Crippen molar-refractivity contribution in [3.8, 4) is 0 Å². The molecule has 0 bridgehead atoms. The highest BCUT2D eigenvalue weighted by Crippen LogP contribution is 2.21.